The van der Waals surface area contributed by atoms with Crippen LogP contribution in [0.5, 0.6) is 11.5 Å². The maximum absolute atomic E-state index is 13.1. The third-order valence-electron chi connectivity index (χ3n) is 6.02. The number of carbonyl (C=O) groups is 2. The zero-order chi connectivity index (χ0) is 22.8. The molecule has 0 N–H and O–H groups in total. The normalized spacial score (nSPS) is 19.2. The Labute approximate surface area is 195 Å². The van der Waals surface area contributed by atoms with E-state index in [0.717, 1.165) is 18.8 Å². The first-order valence-corrected chi connectivity index (χ1v) is 11.7. The SMILES string of the molecule is O=C(c1nccs1)N1CCN(C2CC(=O)N(c3cccc(Oc4ccc(F)cc4)c3)C2)CC1. The van der Waals surface area contributed by atoms with Crippen LogP contribution in [0.2, 0.25) is 0 Å². The van der Waals surface area contributed by atoms with Crippen LogP contribution in [-0.2, 0) is 4.79 Å². The van der Waals surface area contributed by atoms with E-state index >= 15 is 0 Å². The van der Waals surface area contributed by atoms with Crippen LogP contribution < -0.4 is 9.64 Å². The number of rotatable bonds is 5. The molecule has 2 aliphatic heterocycles. The Morgan fingerprint density at radius 3 is 2.58 bits per heavy atom. The number of halogens is 1. The largest absolute Gasteiger partial charge is 0.457 e. The minimum absolute atomic E-state index is 0.0215. The summed E-state index contributed by atoms with van der Waals surface area (Å²) in [5.74, 6) is 0.846. The quantitative estimate of drug-likeness (QED) is 0.575. The van der Waals surface area contributed by atoms with E-state index in [-0.39, 0.29) is 23.7 Å². The molecule has 2 aromatic carbocycles. The zero-order valence-corrected chi connectivity index (χ0v) is 18.7. The van der Waals surface area contributed by atoms with Crippen LogP contribution in [-0.4, -0.2) is 65.4 Å². The maximum Gasteiger partial charge on any atom is 0.282 e. The van der Waals surface area contributed by atoms with Gasteiger partial charge in [-0.15, -0.1) is 11.3 Å². The van der Waals surface area contributed by atoms with Crippen molar-refractivity contribution in [2.45, 2.75) is 12.5 Å². The van der Waals surface area contributed by atoms with Gasteiger partial charge in [0.1, 0.15) is 17.3 Å². The van der Waals surface area contributed by atoms with Gasteiger partial charge in [0.2, 0.25) is 5.91 Å². The molecule has 0 bridgehead atoms. The van der Waals surface area contributed by atoms with Crippen molar-refractivity contribution in [3.63, 3.8) is 0 Å². The molecule has 1 atom stereocenters. The van der Waals surface area contributed by atoms with Crippen LogP contribution in [0.3, 0.4) is 0 Å². The number of hydrogen-bond acceptors (Lipinski definition) is 6. The summed E-state index contributed by atoms with van der Waals surface area (Å²) in [4.78, 5) is 35.4. The predicted octanol–water partition coefficient (Wildman–Crippen LogP) is 3.64. The Kier molecular flexibility index (Phi) is 6.06. The Bertz CT molecular complexity index is 1130. The van der Waals surface area contributed by atoms with Crippen molar-refractivity contribution in [1.82, 2.24) is 14.8 Å². The second kappa shape index (κ2) is 9.29. The zero-order valence-electron chi connectivity index (χ0n) is 17.9. The number of amides is 2. The molecular weight excluding hydrogens is 443 g/mol. The van der Waals surface area contributed by atoms with E-state index in [9.17, 15) is 14.0 Å². The lowest BCUT2D eigenvalue weighted by Gasteiger charge is -2.37. The Hall–Kier alpha value is -3.30. The molecule has 0 radical (unpaired) electrons. The first-order chi connectivity index (χ1) is 16.1. The van der Waals surface area contributed by atoms with Gasteiger partial charge in [0.15, 0.2) is 5.01 Å². The average molecular weight is 467 g/mol. The summed E-state index contributed by atoms with van der Waals surface area (Å²) in [6.07, 6.45) is 2.09. The smallest absolute Gasteiger partial charge is 0.282 e. The lowest BCUT2D eigenvalue weighted by molar-refractivity contribution is -0.117. The lowest BCUT2D eigenvalue weighted by Crippen LogP contribution is -2.52. The van der Waals surface area contributed by atoms with Crippen molar-refractivity contribution in [2.75, 3.05) is 37.6 Å². The molecule has 1 unspecified atom stereocenters. The first-order valence-electron chi connectivity index (χ1n) is 10.8. The molecule has 0 spiro atoms. The fourth-order valence-electron chi connectivity index (χ4n) is 4.29. The Morgan fingerprint density at radius 2 is 1.85 bits per heavy atom. The molecule has 2 saturated heterocycles. The molecule has 2 amide bonds. The molecule has 2 aliphatic rings. The minimum atomic E-state index is -0.321. The summed E-state index contributed by atoms with van der Waals surface area (Å²) >= 11 is 1.36. The maximum atomic E-state index is 13.1. The fraction of sp³-hybridized carbons (Fsp3) is 0.292. The van der Waals surface area contributed by atoms with Crippen molar-refractivity contribution < 1.29 is 18.7 Å². The Balaban J connectivity index is 1.20. The summed E-state index contributed by atoms with van der Waals surface area (Å²) in [6, 6.07) is 13.3. The van der Waals surface area contributed by atoms with Gasteiger partial charge in [-0.25, -0.2) is 9.37 Å². The molecule has 3 heterocycles. The molecule has 7 nitrogen and oxygen atoms in total. The van der Waals surface area contributed by atoms with E-state index < -0.39 is 0 Å². The molecule has 3 aromatic rings. The summed E-state index contributed by atoms with van der Waals surface area (Å²) < 4.78 is 18.9. The van der Waals surface area contributed by atoms with E-state index in [2.05, 4.69) is 9.88 Å². The molecule has 0 aliphatic carbocycles. The van der Waals surface area contributed by atoms with Crippen LogP contribution >= 0.6 is 11.3 Å². The van der Waals surface area contributed by atoms with Gasteiger partial charge in [-0.3, -0.25) is 14.5 Å². The number of benzene rings is 2. The van der Waals surface area contributed by atoms with Gasteiger partial charge < -0.3 is 14.5 Å². The molecule has 5 rings (SSSR count). The monoisotopic (exact) mass is 466 g/mol. The van der Waals surface area contributed by atoms with Crippen LogP contribution in [0.4, 0.5) is 10.1 Å². The van der Waals surface area contributed by atoms with Crippen molar-refractivity contribution in [2.24, 2.45) is 0 Å². The highest BCUT2D eigenvalue weighted by atomic mass is 32.1. The van der Waals surface area contributed by atoms with Gasteiger partial charge in [0, 0.05) is 68.5 Å². The molecule has 9 heteroatoms. The summed E-state index contributed by atoms with van der Waals surface area (Å²) in [7, 11) is 0. The first kappa shape index (κ1) is 21.5. The summed E-state index contributed by atoms with van der Waals surface area (Å²) in [6.45, 7) is 3.32. The predicted molar refractivity (Wildman–Crippen MR) is 123 cm³/mol. The topological polar surface area (TPSA) is 66.0 Å². The highest BCUT2D eigenvalue weighted by molar-refractivity contribution is 7.11. The highest BCUT2D eigenvalue weighted by Crippen LogP contribution is 2.30. The van der Waals surface area contributed by atoms with E-state index in [0.29, 0.717) is 42.6 Å². The van der Waals surface area contributed by atoms with E-state index in [4.69, 9.17) is 4.74 Å². The summed E-state index contributed by atoms with van der Waals surface area (Å²) in [5.41, 5.74) is 0.777. The van der Waals surface area contributed by atoms with E-state index in [1.807, 2.05) is 34.5 Å². The van der Waals surface area contributed by atoms with Crippen molar-refractivity contribution in [1.29, 1.82) is 0 Å². The van der Waals surface area contributed by atoms with Crippen LogP contribution in [0.1, 0.15) is 16.2 Å². The van der Waals surface area contributed by atoms with Gasteiger partial charge in [-0.2, -0.15) is 0 Å². The average Bonchev–Trinajstić information content (AvgIpc) is 3.51. The second-order valence-corrected chi connectivity index (χ2v) is 8.98. The Morgan fingerprint density at radius 1 is 1.06 bits per heavy atom. The fourth-order valence-corrected chi connectivity index (χ4v) is 4.89. The van der Waals surface area contributed by atoms with Gasteiger partial charge in [0.05, 0.1) is 0 Å². The number of piperazine rings is 1. The number of aromatic nitrogens is 1. The molecule has 0 saturated carbocycles. The number of nitrogens with zero attached hydrogens (tertiary/aromatic N) is 4. The number of carbonyl (C=O) groups excluding carboxylic acids is 2. The minimum Gasteiger partial charge on any atom is -0.457 e. The molecular formula is C24H23FN4O3S. The number of anilines is 1. The molecule has 33 heavy (non-hydrogen) atoms. The van der Waals surface area contributed by atoms with Gasteiger partial charge >= 0.3 is 0 Å². The van der Waals surface area contributed by atoms with Crippen LogP contribution in [0.25, 0.3) is 0 Å². The third-order valence-corrected chi connectivity index (χ3v) is 6.78. The van der Waals surface area contributed by atoms with Crippen molar-refractivity contribution in [3.05, 3.63) is 70.9 Å². The lowest BCUT2D eigenvalue weighted by atomic mass is 10.2. The standard InChI is InChI=1S/C24H23FN4O3S/c25-17-4-6-20(7-5-17)32-21-3-1-2-18(14-21)29-16-19(15-22(29)30)27-9-11-28(12-10-27)24(31)23-26-8-13-33-23/h1-8,13-14,19H,9-12,15-16H2. The van der Waals surface area contributed by atoms with Crippen molar-refractivity contribution in [3.8, 4) is 11.5 Å². The van der Waals surface area contributed by atoms with E-state index in [1.54, 1.807) is 23.2 Å². The molecule has 170 valence electrons. The molecule has 2 fully saturated rings. The third kappa shape index (κ3) is 4.74. The van der Waals surface area contributed by atoms with Crippen LogP contribution in [0.15, 0.2) is 60.1 Å². The number of ether oxygens (including phenoxy) is 1. The van der Waals surface area contributed by atoms with Crippen LogP contribution in [0, 0.1) is 5.82 Å². The van der Waals surface area contributed by atoms with E-state index in [1.165, 1.54) is 23.5 Å². The second-order valence-electron chi connectivity index (χ2n) is 8.08. The van der Waals surface area contributed by atoms with Gasteiger partial charge in [0.25, 0.3) is 5.91 Å². The highest BCUT2D eigenvalue weighted by Gasteiger charge is 2.36. The summed E-state index contributed by atoms with van der Waals surface area (Å²) in [5, 5.41) is 2.33. The number of hydrogen-bond donors (Lipinski definition) is 0. The van der Waals surface area contributed by atoms with Crippen molar-refractivity contribution >= 4 is 28.8 Å². The molecule has 1 aromatic heterocycles. The van der Waals surface area contributed by atoms with Gasteiger partial charge in [-0.05, 0) is 36.4 Å². The number of thiazole rings is 1. The van der Waals surface area contributed by atoms with Gasteiger partial charge in [-0.1, -0.05) is 6.07 Å².